The van der Waals surface area contributed by atoms with Gasteiger partial charge in [0.1, 0.15) is 5.75 Å². The monoisotopic (exact) mass is 404 g/mol. The predicted molar refractivity (Wildman–Crippen MR) is 105 cm³/mol. The van der Waals surface area contributed by atoms with E-state index in [2.05, 4.69) is 22.4 Å². The van der Waals surface area contributed by atoms with Crippen molar-refractivity contribution in [1.82, 2.24) is 5.32 Å². The van der Waals surface area contributed by atoms with E-state index in [4.69, 9.17) is 14.6 Å². The van der Waals surface area contributed by atoms with Crippen molar-refractivity contribution in [1.29, 1.82) is 0 Å². The van der Waals surface area contributed by atoms with Gasteiger partial charge in [0.05, 0.1) is 11.5 Å². The van der Waals surface area contributed by atoms with Crippen molar-refractivity contribution < 1.29 is 49.0 Å². The first-order valence-electron chi connectivity index (χ1n) is 8.22. The molecule has 138 valence electrons. The molecule has 0 atom stereocenters. The Morgan fingerprint density at radius 1 is 1.32 bits per heavy atom. The predicted octanol–water partition coefficient (Wildman–Crippen LogP) is 0.408. The third-order valence-corrected chi connectivity index (χ3v) is 4.50. The van der Waals surface area contributed by atoms with Crippen LogP contribution < -0.4 is 39.6 Å². The molecule has 2 aliphatic heterocycles. The number of nitrogens with zero attached hydrogens (tertiary/aromatic N) is 1. The molecule has 2 aliphatic rings. The third-order valence-electron chi connectivity index (χ3n) is 3.59. The molecule has 8 heteroatoms. The van der Waals surface area contributed by atoms with Gasteiger partial charge in [-0.15, -0.1) is 12.1 Å². The van der Waals surface area contributed by atoms with E-state index >= 15 is 0 Å². The molecule has 2 aromatic rings. The molecule has 2 N–H and O–H groups in total. The molecule has 1 fully saturated rings. The number of thioether (sulfide) groups is 1. The normalized spacial score (nSPS) is 17.1. The minimum absolute atomic E-state index is 0. The van der Waals surface area contributed by atoms with Crippen molar-refractivity contribution in [3.63, 3.8) is 0 Å². The summed E-state index contributed by atoms with van der Waals surface area (Å²) in [5.74, 6) is -0.00759. The number of benzene rings is 2. The molecule has 2 aromatic carbocycles. The van der Waals surface area contributed by atoms with E-state index in [0.29, 0.717) is 10.1 Å². The topological polar surface area (TPSA) is 88.0 Å². The molecular formula is C20H17N2NaO4S. The molecule has 1 amide bonds. The van der Waals surface area contributed by atoms with Gasteiger partial charge in [-0.2, -0.15) is 18.2 Å². The van der Waals surface area contributed by atoms with Crippen LogP contribution in [0, 0.1) is 6.07 Å². The van der Waals surface area contributed by atoms with Crippen molar-refractivity contribution in [3.05, 3.63) is 64.6 Å². The van der Waals surface area contributed by atoms with Gasteiger partial charge in [-0.1, -0.05) is 6.07 Å². The fourth-order valence-electron chi connectivity index (χ4n) is 2.50. The Hall–Kier alpha value is -2.06. The Bertz CT molecular complexity index is 925. The van der Waals surface area contributed by atoms with Gasteiger partial charge in [0, 0.05) is 13.3 Å². The largest absolute Gasteiger partial charge is 1.00 e. The summed E-state index contributed by atoms with van der Waals surface area (Å²) < 4.78 is 5.50. The number of rotatable bonds is 2. The number of hydrogen-bond donors (Lipinski definition) is 2. The summed E-state index contributed by atoms with van der Waals surface area (Å²) in [6, 6.07) is 16.2. The van der Waals surface area contributed by atoms with Crippen LogP contribution >= 0.6 is 11.8 Å². The number of fused-ring (bicyclic) bond motifs is 1. The van der Waals surface area contributed by atoms with E-state index in [9.17, 15) is 4.79 Å². The van der Waals surface area contributed by atoms with Gasteiger partial charge in [0.2, 0.25) is 0 Å². The number of aliphatic imine (C=N–C) groups is 1. The number of amides is 1. The number of hydrogen-bond acceptors (Lipinski definition) is 5. The second kappa shape index (κ2) is 10.5. The minimum Gasteiger partial charge on any atom is -0.493 e. The van der Waals surface area contributed by atoms with Gasteiger partial charge < -0.3 is 15.2 Å². The van der Waals surface area contributed by atoms with Crippen LogP contribution in [0.25, 0.3) is 6.08 Å². The molecule has 28 heavy (non-hydrogen) atoms. The van der Waals surface area contributed by atoms with Crippen LogP contribution in [0.5, 0.6) is 5.75 Å². The minimum atomic E-state index is -0.833. The van der Waals surface area contributed by atoms with E-state index < -0.39 is 5.97 Å². The zero-order valence-corrected chi connectivity index (χ0v) is 18.4. The van der Waals surface area contributed by atoms with Crippen LogP contribution in [0.3, 0.4) is 0 Å². The Morgan fingerprint density at radius 2 is 2.04 bits per heavy atom. The summed E-state index contributed by atoms with van der Waals surface area (Å²) >= 11 is 1.35. The zero-order chi connectivity index (χ0) is 19.2. The van der Waals surface area contributed by atoms with Crippen LogP contribution in [-0.2, 0) is 16.0 Å². The second-order valence-electron chi connectivity index (χ2n) is 5.72. The molecule has 0 aromatic heterocycles. The Labute approximate surface area is 189 Å². The maximum atomic E-state index is 12.1. The fraction of sp³-hybridized carbons (Fsp3) is 0.150. The molecular weight excluding hydrogens is 387 g/mol. The average molecular weight is 404 g/mol. The van der Waals surface area contributed by atoms with E-state index in [-0.39, 0.29) is 35.5 Å². The SMILES string of the molecule is CC(=O)O.O=C1NC(=Nc2cc[c-]cc2)SC1=Cc1ccc2c(c1)CCO2.[Na+]. The van der Waals surface area contributed by atoms with Crippen molar-refractivity contribution in [2.75, 3.05) is 6.61 Å². The molecule has 6 nitrogen and oxygen atoms in total. The summed E-state index contributed by atoms with van der Waals surface area (Å²) in [7, 11) is 0. The van der Waals surface area contributed by atoms with Gasteiger partial charge in [-0.3, -0.25) is 14.6 Å². The van der Waals surface area contributed by atoms with E-state index in [1.165, 1.54) is 17.3 Å². The van der Waals surface area contributed by atoms with Crippen molar-refractivity contribution >= 4 is 40.6 Å². The van der Waals surface area contributed by atoms with Crippen molar-refractivity contribution in [2.24, 2.45) is 4.99 Å². The van der Waals surface area contributed by atoms with Crippen LogP contribution in [0.1, 0.15) is 18.1 Å². The number of ether oxygens (including phenoxy) is 1. The Balaban J connectivity index is 0.000000515. The molecule has 4 rings (SSSR count). The average Bonchev–Trinajstić information content (AvgIpc) is 3.22. The maximum absolute atomic E-state index is 12.1. The van der Waals surface area contributed by atoms with Gasteiger partial charge in [0.15, 0.2) is 5.17 Å². The summed E-state index contributed by atoms with van der Waals surface area (Å²) in [4.78, 5) is 26.2. The quantitative estimate of drug-likeness (QED) is 0.430. The van der Waals surface area contributed by atoms with E-state index in [1.807, 2.05) is 30.3 Å². The maximum Gasteiger partial charge on any atom is 1.00 e. The van der Waals surface area contributed by atoms with Crippen LogP contribution in [0.4, 0.5) is 5.69 Å². The number of aliphatic carboxylic acids is 1. The van der Waals surface area contributed by atoms with Gasteiger partial charge >= 0.3 is 29.6 Å². The van der Waals surface area contributed by atoms with Gasteiger partial charge in [-0.05, 0) is 46.8 Å². The molecule has 2 heterocycles. The molecule has 0 bridgehead atoms. The van der Waals surface area contributed by atoms with E-state index in [0.717, 1.165) is 37.0 Å². The Morgan fingerprint density at radius 3 is 2.75 bits per heavy atom. The molecule has 1 saturated heterocycles. The number of carboxylic acid groups (broad SMARTS) is 1. The third kappa shape index (κ3) is 6.24. The molecule has 0 spiro atoms. The number of nitrogens with one attached hydrogen (secondary N) is 1. The van der Waals surface area contributed by atoms with Crippen LogP contribution in [-0.4, -0.2) is 28.8 Å². The first kappa shape index (κ1) is 22.2. The van der Waals surface area contributed by atoms with Crippen LogP contribution in [0.2, 0.25) is 0 Å². The van der Waals surface area contributed by atoms with Crippen molar-refractivity contribution in [3.8, 4) is 5.75 Å². The number of amidine groups is 1. The van der Waals surface area contributed by atoms with E-state index in [1.54, 1.807) is 12.1 Å². The standard InChI is InChI=1S/C18H13N2O2S.C2H4O2.Na/c21-17-16(11-12-6-7-15-13(10-12)8-9-22-15)23-18(20-17)19-14-4-2-1-3-5-14;1-2(3)4;/h2-7,10-11H,8-9H2,(H,19,20,21);1H3,(H,3,4);/q-1;;+1. The van der Waals surface area contributed by atoms with Gasteiger partial charge in [-0.25, -0.2) is 0 Å². The Kier molecular flexibility index (Phi) is 8.32. The first-order valence-corrected chi connectivity index (χ1v) is 9.04. The number of carbonyl (C=O) groups is 2. The molecule has 0 aliphatic carbocycles. The molecule has 0 saturated carbocycles. The number of carboxylic acids is 1. The second-order valence-corrected chi connectivity index (χ2v) is 6.76. The van der Waals surface area contributed by atoms with Gasteiger partial charge in [0.25, 0.3) is 11.9 Å². The summed E-state index contributed by atoms with van der Waals surface area (Å²) in [5.41, 5.74) is 2.99. The number of carbonyl (C=O) groups excluding carboxylic acids is 1. The molecule has 0 unspecified atom stereocenters. The zero-order valence-electron chi connectivity index (χ0n) is 15.6. The summed E-state index contributed by atoms with van der Waals surface area (Å²) in [5, 5.41) is 10.8. The molecule has 0 radical (unpaired) electrons. The summed E-state index contributed by atoms with van der Waals surface area (Å²) in [6.45, 7) is 1.82. The smallest absolute Gasteiger partial charge is 0.493 e. The van der Waals surface area contributed by atoms with Crippen LogP contribution in [0.15, 0.2) is 52.4 Å². The fourth-order valence-corrected chi connectivity index (χ4v) is 3.34. The first-order chi connectivity index (χ1) is 13.0. The van der Waals surface area contributed by atoms with Crippen molar-refractivity contribution in [2.45, 2.75) is 13.3 Å². The summed E-state index contributed by atoms with van der Waals surface area (Å²) in [6.07, 6.45) is 2.81.